The van der Waals surface area contributed by atoms with Gasteiger partial charge in [-0.1, -0.05) is 0 Å². The number of piperidine rings is 1. The van der Waals surface area contributed by atoms with Gasteiger partial charge in [0.25, 0.3) is 0 Å². The van der Waals surface area contributed by atoms with E-state index in [1.807, 2.05) is 24.3 Å². The summed E-state index contributed by atoms with van der Waals surface area (Å²) in [5, 5.41) is 26.1. The van der Waals surface area contributed by atoms with Crippen LogP contribution < -0.4 is 20.7 Å². The van der Waals surface area contributed by atoms with Crippen LogP contribution in [0.3, 0.4) is 0 Å². The molecule has 4 N–H and O–H groups in total. The smallest absolute Gasteiger partial charge is 0.158 e. The molecule has 10 heteroatoms. The van der Waals surface area contributed by atoms with Crippen molar-refractivity contribution in [3.05, 3.63) is 42.4 Å². The van der Waals surface area contributed by atoms with Crippen LogP contribution in [0, 0.1) is 17.2 Å². The van der Waals surface area contributed by atoms with Crippen molar-refractivity contribution >= 4 is 29.7 Å². The first kappa shape index (κ1) is 22.3. The Balaban J connectivity index is 0.00000272. The molecule has 1 fully saturated rings. The minimum Gasteiger partial charge on any atom is -0.496 e. The molecule has 31 heavy (non-hydrogen) atoms. The number of nitrogens with one attached hydrogen (secondary N) is 4. The second kappa shape index (κ2) is 10.6. The number of methoxy groups -OCH3 is 1. The Morgan fingerprint density at radius 1 is 1.16 bits per heavy atom. The summed E-state index contributed by atoms with van der Waals surface area (Å²) in [6.45, 7) is 3.16. The summed E-state index contributed by atoms with van der Waals surface area (Å²) in [7, 11) is 1.66. The van der Waals surface area contributed by atoms with E-state index in [0.717, 1.165) is 42.3 Å². The minimum atomic E-state index is 0. The van der Waals surface area contributed by atoms with Gasteiger partial charge in [-0.25, -0.2) is 9.97 Å². The first-order valence-electron chi connectivity index (χ1n) is 9.92. The van der Waals surface area contributed by atoms with Crippen LogP contribution in [-0.2, 0) is 0 Å². The van der Waals surface area contributed by atoms with Gasteiger partial charge in [0.15, 0.2) is 11.5 Å². The number of nitrogens with zero attached hydrogens (tertiary/aromatic N) is 4. The number of hydrogen-bond acceptors (Lipinski definition) is 8. The Morgan fingerprint density at radius 2 is 2.00 bits per heavy atom. The minimum absolute atomic E-state index is 0. The average Bonchev–Trinajstić information content (AvgIpc) is 3.27. The van der Waals surface area contributed by atoms with Crippen LogP contribution in [-0.4, -0.2) is 46.9 Å². The van der Waals surface area contributed by atoms with Crippen molar-refractivity contribution in [1.29, 1.82) is 5.26 Å². The predicted octanol–water partition coefficient (Wildman–Crippen LogP) is 3.32. The van der Waals surface area contributed by atoms with Crippen molar-refractivity contribution in [2.45, 2.75) is 12.8 Å². The van der Waals surface area contributed by atoms with E-state index in [1.165, 1.54) is 25.2 Å². The van der Waals surface area contributed by atoms with Gasteiger partial charge in [-0.15, -0.1) is 12.4 Å². The van der Waals surface area contributed by atoms with Crippen molar-refractivity contribution in [2.75, 3.05) is 37.4 Å². The van der Waals surface area contributed by atoms with Crippen molar-refractivity contribution in [3.63, 3.8) is 0 Å². The molecule has 0 bridgehead atoms. The topological polar surface area (TPSA) is 124 Å². The van der Waals surface area contributed by atoms with Crippen molar-refractivity contribution in [2.24, 2.45) is 5.92 Å². The number of halogens is 1. The maximum atomic E-state index is 8.81. The number of H-pyrrole nitrogens is 1. The molecule has 1 aliphatic heterocycles. The zero-order valence-electron chi connectivity index (χ0n) is 17.2. The van der Waals surface area contributed by atoms with Gasteiger partial charge < -0.3 is 20.7 Å². The Kier molecular flexibility index (Phi) is 7.65. The number of aromatic nitrogens is 4. The highest BCUT2D eigenvalue weighted by molar-refractivity contribution is 5.85. The van der Waals surface area contributed by atoms with Crippen LogP contribution in [0.4, 0.5) is 17.3 Å². The molecule has 0 unspecified atom stereocenters. The zero-order chi connectivity index (χ0) is 20.8. The van der Waals surface area contributed by atoms with E-state index in [0.29, 0.717) is 17.6 Å². The van der Waals surface area contributed by atoms with Gasteiger partial charge in [0.2, 0.25) is 0 Å². The van der Waals surface area contributed by atoms with Crippen LogP contribution in [0.1, 0.15) is 18.5 Å². The summed E-state index contributed by atoms with van der Waals surface area (Å²) in [5.41, 5.74) is 3.04. The maximum absolute atomic E-state index is 8.81. The lowest BCUT2D eigenvalue weighted by Crippen LogP contribution is -2.31. The van der Waals surface area contributed by atoms with Crippen LogP contribution in [0.5, 0.6) is 5.75 Å². The average molecular weight is 441 g/mol. The molecule has 3 aromatic rings. The molecule has 1 aromatic carbocycles. The predicted molar refractivity (Wildman–Crippen MR) is 122 cm³/mol. The monoisotopic (exact) mass is 440 g/mol. The Morgan fingerprint density at radius 3 is 2.71 bits per heavy atom. The summed E-state index contributed by atoms with van der Waals surface area (Å²) in [6.07, 6.45) is 5.32. The Hall–Kier alpha value is -3.35. The van der Waals surface area contributed by atoms with E-state index < -0.39 is 0 Å². The maximum Gasteiger partial charge on any atom is 0.158 e. The fourth-order valence-corrected chi connectivity index (χ4v) is 3.48. The van der Waals surface area contributed by atoms with Crippen molar-refractivity contribution in [3.8, 4) is 23.1 Å². The Labute approximate surface area is 187 Å². The van der Waals surface area contributed by atoms with Gasteiger partial charge in [-0.05, 0) is 44.0 Å². The standard InChI is InChI=1S/C21H24N8O.ClH/c1-30-19-8-15(24-11-14-4-6-23-7-5-14)2-3-17(19)18-9-20(29-28-18)27-21-13-25-16(10-22)12-26-21;/h2-3,8-9,12-14,23-24H,4-7,11H2,1H3,(H2,26,27,28,29);1H. The van der Waals surface area contributed by atoms with Crippen LogP contribution in [0.2, 0.25) is 0 Å². The summed E-state index contributed by atoms with van der Waals surface area (Å²) in [5.74, 6) is 2.57. The van der Waals surface area contributed by atoms with Gasteiger partial charge in [0.05, 0.1) is 25.2 Å². The second-order valence-electron chi connectivity index (χ2n) is 7.18. The van der Waals surface area contributed by atoms with E-state index in [4.69, 9.17) is 10.00 Å². The van der Waals surface area contributed by atoms with Crippen LogP contribution >= 0.6 is 12.4 Å². The third kappa shape index (κ3) is 5.63. The zero-order valence-corrected chi connectivity index (χ0v) is 18.0. The Bertz CT molecular complexity index is 1020. The van der Waals surface area contributed by atoms with Gasteiger partial charge >= 0.3 is 0 Å². The third-order valence-electron chi connectivity index (χ3n) is 5.15. The summed E-state index contributed by atoms with van der Waals surface area (Å²) in [4.78, 5) is 8.14. The highest BCUT2D eigenvalue weighted by Crippen LogP contribution is 2.33. The van der Waals surface area contributed by atoms with Crippen LogP contribution in [0.25, 0.3) is 11.3 Å². The molecule has 2 aromatic heterocycles. The quantitative estimate of drug-likeness (QED) is 0.441. The SMILES string of the molecule is COc1cc(NCC2CCNCC2)ccc1-c1cc(Nc2cnc(C#N)cn2)n[nH]1.Cl. The highest BCUT2D eigenvalue weighted by atomic mass is 35.5. The molecule has 0 atom stereocenters. The van der Waals surface area contributed by atoms with Crippen LogP contribution in [0.15, 0.2) is 36.7 Å². The molecule has 1 aliphatic rings. The number of anilines is 3. The summed E-state index contributed by atoms with van der Waals surface area (Å²) >= 11 is 0. The molecule has 162 valence electrons. The molecule has 0 amide bonds. The molecule has 0 radical (unpaired) electrons. The third-order valence-corrected chi connectivity index (χ3v) is 5.15. The summed E-state index contributed by atoms with van der Waals surface area (Å²) in [6, 6.07) is 9.90. The highest BCUT2D eigenvalue weighted by Gasteiger charge is 2.14. The molecule has 4 rings (SSSR count). The first-order chi connectivity index (χ1) is 14.7. The number of aromatic amines is 1. The fourth-order valence-electron chi connectivity index (χ4n) is 3.48. The number of nitriles is 1. The number of hydrogen-bond donors (Lipinski definition) is 4. The normalized spacial score (nSPS) is 13.7. The van der Waals surface area contributed by atoms with Gasteiger partial charge in [0, 0.05) is 29.9 Å². The number of rotatable bonds is 7. The van der Waals surface area contributed by atoms with E-state index in [9.17, 15) is 0 Å². The van der Waals surface area contributed by atoms with E-state index >= 15 is 0 Å². The van der Waals surface area contributed by atoms with Gasteiger partial charge in [0.1, 0.15) is 17.6 Å². The lowest BCUT2D eigenvalue weighted by molar-refractivity contribution is 0.389. The second-order valence-corrected chi connectivity index (χ2v) is 7.18. The molecule has 0 saturated carbocycles. The number of ether oxygens (including phenoxy) is 1. The van der Waals surface area contributed by atoms with Crippen molar-refractivity contribution in [1.82, 2.24) is 25.5 Å². The van der Waals surface area contributed by atoms with Crippen molar-refractivity contribution < 1.29 is 4.74 Å². The summed E-state index contributed by atoms with van der Waals surface area (Å²) < 4.78 is 5.61. The van der Waals surface area contributed by atoms with E-state index in [2.05, 4.69) is 42.2 Å². The lowest BCUT2D eigenvalue weighted by atomic mass is 9.98. The lowest BCUT2D eigenvalue weighted by Gasteiger charge is -2.23. The van der Waals surface area contributed by atoms with Gasteiger partial charge in [-0.3, -0.25) is 5.10 Å². The molecule has 9 nitrogen and oxygen atoms in total. The molecular formula is C21H25ClN8O. The molecule has 1 saturated heterocycles. The van der Waals surface area contributed by atoms with Gasteiger partial charge in [-0.2, -0.15) is 10.4 Å². The largest absolute Gasteiger partial charge is 0.496 e. The fraction of sp³-hybridized carbons (Fsp3) is 0.333. The van der Waals surface area contributed by atoms with E-state index in [-0.39, 0.29) is 18.1 Å². The van der Waals surface area contributed by atoms with E-state index in [1.54, 1.807) is 7.11 Å². The molecule has 0 aliphatic carbocycles. The first-order valence-corrected chi connectivity index (χ1v) is 9.92. The molecular weight excluding hydrogens is 416 g/mol. The molecule has 3 heterocycles. The number of benzene rings is 1. The molecule has 0 spiro atoms.